The van der Waals surface area contributed by atoms with Crippen LogP contribution in [-0.4, -0.2) is 25.8 Å². The first kappa shape index (κ1) is 18.3. The summed E-state index contributed by atoms with van der Waals surface area (Å²) >= 11 is 1.00. The minimum atomic E-state index is -1.20. The highest BCUT2D eigenvalue weighted by Crippen LogP contribution is 2.29. The van der Waals surface area contributed by atoms with Crippen molar-refractivity contribution < 1.29 is 9.90 Å². The number of fused-ring (bicyclic) bond motifs is 3. The second kappa shape index (κ2) is 6.83. The quantitative estimate of drug-likeness (QED) is 0.426. The van der Waals surface area contributed by atoms with E-state index >= 15 is 0 Å². The fourth-order valence-corrected chi connectivity index (χ4v) is 4.06. The predicted octanol–water partition coefficient (Wildman–Crippen LogP) is 2.71. The van der Waals surface area contributed by atoms with Crippen molar-refractivity contribution in [3.8, 4) is 5.69 Å². The number of para-hydroxylation sites is 1. The number of aliphatic carboxylic acids is 1. The van der Waals surface area contributed by atoms with E-state index in [2.05, 4.69) is 4.98 Å². The average molecular weight is 392 g/mol. The summed E-state index contributed by atoms with van der Waals surface area (Å²) in [5.74, 6) is -1.20. The van der Waals surface area contributed by atoms with Gasteiger partial charge in [0.15, 0.2) is 5.16 Å². The summed E-state index contributed by atoms with van der Waals surface area (Å²) in [5.41, 5.74) is 4.14. The Kier molecular flexibility index (Phi) is 4.47. The van der Waals surface area contributed by atoms with Crippen LogP contribution in [0.15, 0.2) is 52.4 Å². The maximum Gasteiger partial charge on any atom is 0.283 e. The number of hydrogen-bond acceptors (Lipinski definition) is 5. The molecule has 0 radical (unpaired) electrons. The molecule has 4 aromatic rings. The van der Waals surface area contributed by atoms with E-state index in [4.69, 9.17) is 4.98 Å². The summed E-state index contributed by atoms with van der Waals surface area (Å²) < 4.78 is 1.49. The highest BCUT2D eigenvalue weighted by Gasteiger charge is 2.20. The fraction of sp³-hybridized carbons (Fsp3) is 0.190. The maximum atomic E-state index is 13.4. The van der Waals surface area contributed by atoms with E-state index in [1.165, 1.54) is 11.5 Å². The number of aryl methyl sites for hydroxylation is 1. The first-order chi connectivity index (χ1) is 13.4. The number of thioether (sulfide) groups is 1. The second-order valence-corrected chi connectivity index (χ2v) is 8.04. The fourth-order valence-electron chi connectivity index (χ4n) is 3.22. The Hall–Kier alpha value is -3.06. The molecule has 6 nitrogen and oxygen atoms in total. The molecule has 2 aromatic carbocycles. The normalized spacial score (nSPS) is 12.5. The molecule has 0 spiro atoms. The van der Waals surface area contributed by atoms with Crippen molar-refractivity contribution in [3.05, 3.63) is 63.9 Å². The average Bonchev–Trinajstić information content (AvgIpc) is 3.04. The van der Waals surface area contributed by atoms with Gasteiger partial charge in [0.25, 0.3) is 5.56 Å². The molecule has 28 heavy (non-hydrogen) atoms. The number of carbonyl (C=O) groups excluding carboxylic acids is 1. The van der Waals surface area contributed by atoms with Crippen LogP contribution in [-0.2, 0) is 4.79 Å². The monoisotopic (exact) mass is 392 g/mol. The van der Waals surface area contributed by atoms with Crippen molar-refractivity contribution in [3.63, 3.8) is 0 Å². The lowest BCUT2D eigenvalue weighted by atomic mass is 10.1. The van der Waals surface area contributed by atoms with Crippen LogP contribution in [0.3, 0.4) is 0 Å². The van der Waals surface area contributed by atoms with Crippen LogP contribution in [0, 0.1) is 13.8 Å². The van der Waals surface area contributed by atoms with Gasteiger partial charge in [0.1, 0.15) is 11.0 Å². The molecule has 1 atom stereocenters. The van der Waals surface area contributed by atoms with Crippen LogP contribution in [0.5, 0.6) is 0 Å². The summed E-state index contributed by atoms with van der Waals surface area (Å²) in [7, 11) is 0. The van der Waals surface area contributed by atoms with Gasteiger partial charge in [0.05, 0.1) is 11.7 Å². The van der Waals surface area contributed by atoms with Gasteiger partial charge in [-0.2, -0.15) is 0 Å². The van der Waals surface area contributed by atoms with E-state index < -0.39 is 11.2 Å². The molecule has 0 saturated carbocycles. The Labute approximate surface area is 165 Å². The van der Waals surface area contributed by atoms with Crippen LogP contribution >= 0.6 is 11.8 Å². The lowest BCUT2D eigenvalue weighted by Crippen LogP contribution is -2.32. The van der Waals surface area contributed by atoms with Gasteiger partial charge in [0.2, 0.25) is 0 Å². The van der Waals surface area contributed by atoms with Crippen LogP contribution in [0.2, 0.25) is 0 Å². The number of carboxylic acid groups (broad SMARTS) is 1. The third kappa shape index (κ3) is 2.88. The molecule has 142 valence electrons. The largest absolute Gasteiger partial charge is 0.549 e. The number of nitrogens with one attached hydrogen (secondary N) is 1. The molecule has 4 rings (SSSR count). The summed E-state index contributed by atoms with van der Waals surface area (Å²) in [6.45, 7) is 5.43. The second-order valence-electron chi connectivity index (χ2n) is 6.73. The molecule has 2 aromatic heterocycles. The van der Waals surface area contributed by atoms with Crippen molar-refractivity contribution >= 4 is 39.7 Å². The summed E-state index contributed by atoms with van der Waals surface area (Å²) in [4.78, 5) is 32.6. The molecule has 0 bridgehead atoms. The third-order valence-electron chi connectivity index (χ3n) is 4.93. The molecule has 0 aliphatic carbocycles. The number of H-pyrrole nitrogens is 1. The van der Waals surface area contributed by atoms with Gasteiger partial charge in [-0.05, 0) is 44.0 Å². The maximum absolute atomic E-state index is 13.4. The topological polar surface area (TPSA) is 90.8 Å². The Morgan fingerprint density at radius 3 is 2.68 bits per heavy atom. The zero-order valence-corrected chi connectivity index (χ0v) is 16.5. The zero-order valence-electron chi connectivity index (χ0n) is 15.6. The molecule has 0 amide bonds. The Bertz CT molecular complexity index is 1290. The Morgan fingerprint density at radius 1 is 1.18 bits per heavy atom. The molecule has 0 unspecified atom stereocenters. The molecule has 0 saturated heterocycles. The number of aromatic amines is 1. The van der Waals surface area contributed by atoms with Crippen LogP contribution in [0.1, 0.15) is 18.1 Å². The van der Waals surface area contributed by atoms with E-state index in [1.54, 1.807) is 0 Å². The lowest BCUT2D eigenvalue weighted by molar-refractivity contribution is -0.304. The smallest absolute Gasteiger partial charge is 0.283 e. The SMILES string of the molecule is Cc1cccc(-n2c(S[C@H](C)C(=O)[O-])nc3c([nH]c4ccccc43)c2=O)c1C. The molecule has 0 aliphatic heterocycles. The number of hydrogen-bond donors (Lipinski definition) is 1. The molecule has 2 heterocycles. The highest BCUT2D eigenvalue weighted by atomic mass is 32.2. The number of benzene rings is 2. The number of aromatic nitrogens is 3. The van der Waals surface area contributed by atoms with Gasteiger partial charge in [-0.25, -0.2) is 4.98 Å². The predicted molar refractivity (Wildman–Crippen MR) is 109 cm³/mol. The van der Waals surface area contributed by atoms with E-state index in [0.717, 1.165) is 33.8 Å². The summed E-state index contributed by atoms with van der Waals surface area (Å²) in [6.07, 6.45) is 0. The van der Waals surface area contributed by atoms with Crippen molar-refractivity contribution in [1.29, 1.82) is 0 Å². The Balaban J connectivity index is 2.10. The van der Waals surface area contributed by atoms with Crippen molar-refractivity contribution in [2.45, 2.75) is 31.2 Å². The van der Waals surface area contributed by atoms with Crippen molar-refractivity contribution in [2.24, 2.45) is 0 Å². The first-order valence-corrected chi connectivity index (χ1v) is 9.74. The number of rotatable bonds is 4. The van der Waals surface area contributed by atoms with Gasteiger partial charge >= 0.3 is 0 Å². The molecular formula is C21H18N3O3S-. The third-order valence-corrected chi connectivity index (χ3v) is 5.96. The van der Waals surface area contributed by atoms with Crippen molar-refractivity contribution in [2.75, 3.05) is 0 Å². The molecule has 7 heteroatoms. The molecular weight excluding hydrogens is 374 g/mol. The van der Waals surface area contributed by atoms with Gasteiger partial charge in [-0.3, -0.25) is 9.36 Å². The number of nitrogens with zero attached hydrogens (tertiary/aromatic N) is 2. The van der Waals surface area contributed by atoms with Gasteiger partial charge in [-0.1, -0.05) is 42.1 Å². The highest BCUT2D eigenvalue weighted by molar-refractivity contribution is 8.00. The van der Waals surface area contributed by atoms with Gasteiger partial charge in [-0.15, -0.1) is 0 Å². The molecule has 0 aliphatic rings. The van der Waals surface area contributed by atoms with E-state index in [-0.39, 0.29) is 5.56 Å². The number of carboxylic acids is 1. The van der Waals surface area contributed by atoms with E-state index in [0.29, 0.717) is 21.9 Å². The minimum absolute atomic E-state index is 0.261. The number of carbonyl (C=O) groups is 1. The van der Waals surface area contributed by atoms with Crippen LogP contribution in [0.4, 0.5) is 0 Å². The van der Waals surface area contributed by atoms with E-state index in [1.807, 2.05) is 56.3 Å². The van der Waals surface area contributed by atoms with Crippen molar-refractivity contribution in [1.82, 2.24) is 14.5 Å². The summed E-state index contributed by atoms with van der Waals surface area (Å²) in [5, 5.41) is 11.6. The lowest BCUT2D eigenvalue weighted by Gasteiger charge is -2.18. The minimum Gasteiger partial charge on any atom is -0.549 e. The standard InChI is InChI=1S/C21H19N3O3S/c1-11-7-6-10-16(12(11)2)24-19(25)18-17(14-8-4-5-9-15(14)22-18)23-21(24)28-13(3)20(26)27/h4-10,13,22H,1-3H3,(H,26,27)/p-1/t13-/m1/s1. The Morgan fingerprint density at radius 2 is 1.93 bits per heavy atom. The van der Waals surface area contributed by atoms with Crippen LogP contribution < -0.4 is 10.7 Å². The molecule has 1 N–H and O–H groups in total. The van der Waals surface area contributed by atoms with Crippen LogP contribution in [0.25, 0.3) is 27.6 Å². The van der Waals surface area contributed by atoms with Gasteiger partial charge in [0, 0.05) is 16.2 Å². The van der Waals surface area contributed by atoms with E-state index in [9.17, 15) is 14.7 Å². The summed E-state index contributed by atoms with van der Waals surface area (Å²) in [6, 6.07) is 13.2. The van der Waals surface area contributed by atoms with Gasteiger partial charge < -0.3 is 14.9 Å². The zero-order chi connectivity index (χ0) is 20.0. The molecule has 0 fully saturated rings. The first-order valence-electron chi connectivity index (χ1n) is 8.86.